The number of urea groups is 1. The lowest BCUT2D eigenvalue weighted by Crippen LogP contribution is -2.58. The Morgan fingerprint density at radius 2 is 1.74 bits per heavy atom. The summed E-state index contributed by atoms with van der Waals surface area (Å²) in [5, 5.41) is 11.4. The Morgan fingerprint density at radius 3 is 2.47 bits per heavy atom. The van der Waals surface area contributed by atoms with Gasteiger partial charge in [-0.2, -0.15) is 0 Å². The minimum Gasteiger partial charge on any atom is -0.481 e. The van der Waals surface area contributed by atoms with Crippen molar-refractivity contribution in [1.82, 2.24) is 10.2 Å². The maximum atomic E-state index is 13.7. The van der Waals surface area contributed by atoms with E-state index in [1.54, 1.807) is 4.90 Å². The molecule has 178 valence electrons. The zero-order chi connectivity index (χ0) is 24.2. The van der Waals surface area contributed by atoms with E-state index in [1.165, 1.54) is 4.90 Å². The normalized spacial score (nSPS) is 17.9. The monoisotopic (exact) mass is 467 g/mol. The van der Waals surface area contributed by atoms with Crippen molar-refractivity contribution < 1.29 is 28.7 Å². The summed E-state index contributed by atoms with van der Waals surface area (Å²) in [7, 11) is 0. The van der Waals surface area contributed by atoms with Crippen LogP contribution in [0.2, 0.25) is 0 Å². The van der Waals surface area contributed by atoms with E-state index < -0.39 is 42.8 Å². The molecule has 8 nitrogen and oxygen atoms in total. The van der Waals surface area contributed by atoms with Crippen molar-refractivity contribution >= 4 is 29.4 Å². The number of carbonyl (C=O) groups is 4. The molecule has 0 aliphatic carbocycles. The number of amides is 3. The first-order valence-electron chi connectivity index (χ1n) is 11.3. The highest BCUT2D eigenvalue weighted by Gasteiger charge is 2.38. The zero-order valence-corrected chi connectivity index (χ0v) is 18.6. The van der Waals surface area contributed by atoms with Crippen molar-refractivity contribution in [3.8, 4) is 11.1 Å². The average Bonchev–Trinajstić information content (AvgIpc) is 2.86. The van der Waals surface area contributed by atoms with Gasteiger partial charge in [0, 0.05) is 12.1 Å². The van der Waals surface area contributed by atoms with E-state index in [1.807, 2.05) is 48.5 Å². The van der Waals surface area contributed by atoms with Crippen LogP contribution in [0.15, 0.2) is 48.5 Å². The van der Waals surface area contributed by atoms with Crippen LogP contribution in [0.25, 0.3) is 11.1 Å². The molecule has 2 aliphatic heterocycles. The highest BCUT2D eigenvalue weighted by atomic mass is 19.1. The van der Waals surface area contributed by atoms with Gasteiger partial charge in [-0.25, -0.2) is 9.18 Å². The van der Waals surface area contributed by atoms with Gasteiger partial charge in [0.15, 0.2) is 5.78 Å². The first-order chi connectivity index (χ1) is 16.4. The fourth-order valence-electron chi connectivity index (χ4n) is 4.65. The highest BCUT2D eigenvalue weighted by molar-refractivity contribution is 6.01. The third-order valence-electron chi connectivity index (χ3n) is 6.33. The Labute approximate surface area is 196 Å². The number of para-hydroxylation sites is 1. The number of hydrogen-bond acceptors (Lipinski definition) is 4. The number of nitrogens with zero attached hydrogens (tertiary/aromatic N) is 2. The van der Waals surface area contributed by atoms with Gasteiger partial charge in [-0.1, -0.05) is 42.5 Å². The molecular formula is C25H26FN3O5. The number of carbonyl (C=O) groups excluding carboxylic acids is 3. The molecule has 0 unspecified atom stereocenters. The number of piperidine rings is 1. The summed E-state index contributed by atoms with van der Waals surface area (Å²) in [6.45, 7) is -0.688. The predicted molar refractivity (Wildman–Crippen MR) is 123 cm³/mol. The number of aliphatic carboxylic acids is 1. The Hall–Kier alpha value is -3.75. The van der Waals surface area contributed by atoms with Crippen LogP contribution in [0.5, 0.6) is 0 Å². The van der Waals surface area contributed by atoms with E-state index in [0.29, 0.717) is 32.4 Å². The minimum absolute atomic E-state index is 0.339. The number of carboxylic acid groups (broad SMARTS) is 1. The summed E-state index contributed by atoms with van der Waals surface area (Å²) in [4.78, 5) is 52.9. The molecule has 9 heteroatoms. The highest BCUT2D eigenvalue weighted by Crippen LogP contribution is 2.39. The lowest BCUT2D eigenvalue weighted by Gasteiger charge is -2.40. The molecule has 34 heavy (non-hydrogen) atoms. The molecule has 2 aromatic rings. The Balaban J connectivity index is 1.59. The number of halogens is 1. The van der Waals surface area contributed by atoms with Gasteiger partial charge in [0.1, 0.15) is 18.8 Å². The standard InChI is InChI=1S/C25H26FN3O5/c26-14-22(30)19(13-23(31)32)27-24(33)21-11-5-6-12-28(21)25(34)29-15-16-7-1-2-8-17(16)18-9-3-4-10-20(18)29/h1-4,7-10,19,21H,5-6,11-15H2,(H,27,33)(H,31,32)/t19-,21-/m0/s1. The molecule has 2 atom stereocenters. The van der Waals surface area contributed by atoms with Crippen molar-refractivity contribution in [3.05, 3.63) is 54.1 Å². The lowest BCUT2D eigenvalue weighted by atomic mass is 9.93. The molecule has 0 aromatic heterocycles. The first kappa shape index (κ1) is 23.4. The van der Waals surface area contributed by atoms with Gasteiger partial charge >= 0.3 is 12.0 Å². The Kier molecular flexibility index (Phi) is 6.90. The van der Waals surface area contributed by atoms with Crippen LogP contribution in [-0.2, 0) is 20.9 Å². The molecule has 2 aromatic carbocycles. The molecule has 0 saturated carbocycles. The van der Waals surface area contributed by atoms with E-state index in [0.717, 1.165) is 22.4 Å². The van der Waals surface area contributed by atoms with E-state index >= 15 is 0 Å². The lowest BCUT2D eigenvalue weighted by molar-refractivity contribution is -0.140. The van der Waals surface area contributed by atoms with E-state index in [4.69, 9.17) is 5.11 Å². The molecule has 3 amide bonds. The third-order valence-corrected chi connectivity index (χ3v) is 6.33. The molecule has 0 radical (unpaired) electrons. The van der Waals surface area contributed by atoms with Gasteiger partial charge in [0.2, 0.25) is 5.91 Å². The van der Waals surface area contributed by atoms with Crippen LogP contribution in [-0.4, -0.2) is 59.0 Å². The van der Waals surface area contributed by atoms with E-state index in [9.17, 15) is 23.6 Å². The zero-order valence-electron chi connectivity index (χ0n) is 18.6. The summed E-state index contributed by atoms with van der Waals surface area (Å²) in [5.41, 5.74) is 3.71. The fraction of sp³-hybridized carbons (Fsp3) is 0.360. The number of benzene rings is 2. The second-order valence-electron chi connectivity index (χ2n) is 8.51. The predicted octanol–water partition coefficient (Wildman–Crippen LogP) is 3.15. The smallest absolute Gasteiger partial charge is 0.325 e. The van der Waals surface area contributed by atoms with Crippen LogP contribution in [0.4, 0.5) is 14.9 Å². The number of carboxylic acids is 1. The van der Waals surface area contributed by atoms with Gasteiger partial charge in [0.25, 0.3) is 0 Å². The molecule has 2 heterocycles. The van der Waals surface area contributed by atoms with E-state index in [-0.39, 0.29) is 6.03 Å². The first-order valence-corrected chi connectivity index (χ1v) is 11.3. The van der Waals surface area contributed by atoms with Crippen LogP contribution in [0.3, 0.4) is 0 Å². The second-order valence-corrected chi connectivity index (χ2v) is 8.51. The van der Waals surface area contributed by atoms with Gasteiger partial charge in [-0.05, 0) is 36.5 Å². The van der Waals surface area contributed by atoms with Gasteiger partial charge in [0.05, 0.1) is 18.7 Å². The number of rotatable bonds is 6. The number of nitrogens with one attached hydrogen (secondary N) is 1. The maximum Gasteiger partial charge on any atom is 0.325 e. The molecule has 1 saturated heterocycles. The molecule has 0 spiro atoms. The van der Waals surface area contributed by atoms with Crippen molar-refractivity contribution in [2.24, 2.45) is 0 Å². The van der Waals surface area contributed by atoms with Gasteiger partial charge in [-0.3, -0.25) is 19.3 Å². The van der Waals surface area contributed by atoms with E-state index in [2.05, 4.69) is 5.32 Å². The molecule has 4 rings (SSSR count). The molecule has 2 aliphatic rings. The summed E-state index contributed by atoms with van der Waals surface area (Å²) >= 11 is 0. The number of hydrogen-bond donors (Lipinski definition) is 2. The minimum atomic E-state index is -1.48. The van der Waals surface area contributed by atoms with Crippen LogP contribution >= 0.6 is 0 Å². The largest absolute Gasteiger partial charge is 0.481 e. The second kappa shape index (κ2) is 10.0. The molecule has 0 bridgehead atoms. The Morgan fingerprint density at radius 1 is 1.03 bits per heavy atom. The van der Waals surface area contributed by atoms with Crippen molar-refractivity contribution in [2.45, 2.75) is 44.3 Å². The Bertz CT molecular complexity index is 1120. The summed E-state index contributed by atoms with van der Waals surface area (Å²) in [5.74, 6) is -2.98. The van der Waals surface area contributed by atoms with Crippen LogP contribution in [0, 0.1) is 0 Å². The average molecular weight is 467 g/mol. The van der Waals surface area contributed by atoms with Crippen molar-refractivity contribution in [3.63, 3.8) is 0 Å². The number of Topliss-reactive ketones (excluding diaryl/α,β-unsaturated/α-hetero) is 1. The summed E-state index contributed by atoms with van der Waals surface area (Å²) in [6, 6.07) is 12.7. The molecule has 2 N–H and O–H groups in total. The molecular weight excluding hydrogens is 441 g/mol. The summed E-state index contributed by atoms with van der Waals surface area (Å²) in [6.07, 6.45) is 1.06. The third kappa shape index (κ3) is 4.64. The topological polar surface area (TPSA) is 107 Å². The fourth-order valence-corrected chi connectivity index (χ4v) is 4.65. The SMILES string of the molecule is O=C(O)C[C@H](NC(=O)[C@@H]1CCCCN1C(=O)N1Cc2ccccc2-c2ccccc21)C(=O)CF. The number of ketones is 1. The van der Waals surface area contributed by atoms with Crippen LogP contribution < -0.4 is 10.2 Å². The van der Waals surface area contributed by atoms with Crippen LogP contribution in [0.1, 0.15) is 31.2 Å². The van der Waals surface area contributed by atoms with Crippen molar-refractivity contribution in [2.75, 3.05) is 18.1 Å². The number of alkyl halides is 1. The van der Waals surface area contributed by atoms with Gasteiger partial charge < -0.3 is 15.3 Å². The summed E-state index contributed by atoms with van der Waals surface area (Å²) < 4.78 is 12.9. The van der Waals surface area contributed by atoms with Gasteiger partial charge in [-0.15, -0.1) is 0 Å². The quantitative estimate of drug-likeness (QED) is 0.679. The molecule has 1 fully saturated rings. The number of anilines is 1. The maximum absolute atomic E-state index is 13.7. The number of fused-ring (bicyclic) bond motifs is 3. The number of likely N-dealkylation sites (tertiary alicyclic amines) is 1. The van der Waals surface area contributed by atoms with Crippen molar-refractivity contribution in [1.29, 1.82) is 0 Å².